The molecule has 1 fully saturated rings. The highest BCUT2D eigenvalue weighted by molar-refractivity contribution is 14.0. The molecule has 2 rings (SSSR count). The van der Waals surface area contributed by atoms with Gasteiger partial charge in [-0.3, -0.25) is 14.7 Å². The van der Waals surface area contributed by atoms with Crippen LogP contribution in [0, 0.1) is 5.82 Å². The molecule has 1 saturated heterocycles. The van der Waals surface area contributed by atoms with Crippen molar-refractivity contribution in [2.45, 2.75) is 37.6 Å². The van der Waals surface area contributed by atoms with E-state index < -0.39 is 0 Å². The first-order valence-electron chi connectivity index (χ1n) is 10.1. The number of hydrogen-bond acceptors (Lipinski definition) is 4. The third-order valence-electron chi connectivity index (χ3n) is 5.14. The summed E-state index contributed by atoms with van der Waals surface area (Å²) < 4.78 is 13.5. The van der Waals surface area contributed by atoms with E-state index >= 15 is 0 Å². The van der Waals surface area contributed by atoms with E-state index in [9.17, 15) is 9.18 Å². The van der Waals surface area contributed by atoms with Crippen LogP contribution >= 0.6 is 35.7 Å². The number of halogens is 2. The summed E-state index contributed by atoms with van der Waals surface area (Å²) in [5.41, 5.74) is 2.08. The van der Waals surface area contributed by atoms with E-state index in [-0.39, 0.29) is 41.7 Å². The van der Waals surface area contributed by atoms with E-state index in [2.05, 4.69) is 20.5 Å². The number of aliphatic imine (C=N–C) groups is 1. The predicted molar refractivity (Wildman–Crippen MR) is 135 cm³/mol. The minimum absolute atomic E-state index is 0. The standard InChI is InChI=1S/C21H34FN5OS.HI/c1-23-21(25-14-16-8-9-18(22)13-17(16)15-29-4)24-10-6-12-27-11-5-7-19(27)20(28)26(2)3;/h8-9,13,19H,5-7,10-12,14-15H2,1-4H3,(H2,23,24,25);1H. The number of guanidine groups is 1. The van der Waals surface area contributed by atoms with E-state index in [1.54, 1.807) is 29.8 Å². The fourth-order valence-corrected chi connectivity index (χ4v) is 4.20. The molecule has 1 heterocycles. The van der Waals surface area contributed by atoms with E-state index in [1.807, 2.05) is 26.4 Å². The van der Waals surface area contributed by atoms with Gasteiger partial charge in [-0.05, 0) is 55.3 Å². The van der Waals surface area contributed by atoms with Crippen LogP contribution in [0.1, 0.15) is 30.4 Å². The molecule has 30 heavy (non-hydrogen) atoms. The number of carbonyl (C=O) groups excluding carboxylic acids is 1. The van der Waals surface area contributed by atoms with Crippen molar-refractivity contribution in [3.63, 3.8) is 0 Å². The first kappa shape index (κ1) is 27.0. The quantitative estimate of drug-likeness (QED) is 0.214. The van der Waals surface area contributed by atoms with Crippen molar-refractivity contribution < 1.29 is 9.18 Å². The Balaban J connectivity index is 0.00000450. The van der Waals surface area contributed by atoms with Crippen LogP contribution in [0.3, 0.4) is 0 Å². The summed E-state index contributed by atoms with van der Waals surface area (Å²) in [6.07, 6.45) is 4.98. The van der Waals surface area contributed by atoms with Crippen molar-refractivity contribution >= 4 is 47.6 Å². The highest BCUT2D eigenvalue weighted by Gasteiger charge is 2.30. The van der Waals surface area contributed by atoms with Gasteiger partial charge in [0.2, 0.25) is 5.91 Å². The number of carbonyl (C=O) groups is 1. The first-order chi connectivity index (χ1) is 14.0. The normalized spacial score (nSPS) is 16.8. The van der Waals surface area contributed by atoms with Crippen LogP contribution in [0.25, 0.3) is 0 Å². The maximum absolute atomic E-state index is 13.5. The molecule has 1 aromatic carbocycles. The number of benzene rings is 1. The SMILES string of the molecule is CN=C(NCCCN1CCCC1C(=O)N(C)C)NCc1ccc(F)cc1CSC.I. The van der Waals surface area contributed by atoms with E-state index in [4.69, 9.17) is 0 Å². The fourth-order valence-electron chi connectivity index (χ4n) is 3.62. The van der Waals surface area contributed by atoms with Gasteiger partial charge in [-0.2, -0.15) is 11.8 Å². The number of amides is 1. The lowest BCUT2D eigenvalue weighted by molar-refractivity contribution is -0.133. The van der Waals surface area contributed by atoms with E-state index in [1.165, 1.54) is 6.07 Å². The molecule has 0 aromatic heterocycles. The molecule has 2 N–H and O–H groups in total. The number of rotatable bonds is 9. The number of nitrogens with zero attached hydrogens (tertiary/aromatic N) is 3. The van der Waals surface area contributed by atoms with Crippen molar-refractivity contribution in [1.29, 1.82) is 0 Å². The second kappa shape index (κ2) is 14.1. The molecular weight excluding hydrogens is 516 g/mol. The second-order valence-corrected chi connectivity index (χ2v) is 8.34. The third-order valence-corrected chi connectivity index (χ3v) is 5.74. The number of thioether (sulfide) groups is 1. The molecule has 1 aliphatic rings. The third kappa shape index (κ3) is 8.22. The van der Waals surface area contributed by atoms with Crippen molar-refractivity contribution in [1.82, 2.24) is 20.4 Å². The van der Waals surface area contributed by atoms with Crippen LogP contribution in [0.15, 0.2) is 23.2 Å². The molecule has 170 valence electrons. The summed E-state index contributed by atoms with van der Waals surface area (Å²) in [4.78, 5) is 20.5. The van der Waals surface area contributed by atoms with Gasteiger partial charge >= 0.3 is 0 Å². The van der Waals surface area contributed by atoms with E-state index in [0.717, 1.165) is 61.7 Å². The second-order valence-electron chi connectivity index (χ2n) is 7.48. The van der Waals surface area contributed by atoms with Crippen molar-refractivity contribution in [2.24, 2.45) is 4.99 Å². The number of nitrogens with one attached hydrogen (secondary N) is 2. The minimum Gasteiger partial charge on any atom is -0.356 e. The number of likely N-dealkylation sites (N-methyl/N-ethyl adjacent to an activating group) is 1. The summed E-state index contributed by atoms with van der Waals surface area (Å²) >= 11 is 1.68. The van der Waals surface area contributed by atoms with Crippen molar-refractivity contribution in [3.05, 3.63) is 35.1 Å². The molecular formula is C21H35FIN5OS. The smallest absolute Gasteiger partial charge is 0.239 e. The van der Waals surface area contributed by atoms with Crippen LogP contribution in [-0.2, 0) is 17.1 Å². The van der Waals surface area contributed by atoms with E-state index in [0.29, 0.717) is 6.54 Å². The average molecular weight is 552 g/mol. The van der Waals surface area contributed by atoms with Crippen molar-refractivity contribution in [3.8, 4) is 0 Å². The van der Waals surface area contributed by atoms with Crippen LogP contribution in [0.2, 0.25) is 0 Å². The van der Waals surface area contributed by atoms with Crippen molar-refractivity contribution in [2.75, 3.05) is 47.0 Å². The summed E-state index contributed by atoms with van der Waals surface area (Å²) in [7, 11) is 5.39. The average Bonchev–Trinajstić information content (AvgIpc) is 3.16. The Morgan fingerprint density at radius 3 is 2.77 bits per heavy atom. The highest BCUT2D eigenvalue weighted by atomic mass is 127. The monoisotopic (exact) mass is 551 g/mol. The minimum atomic E-state index is -0.201. The zero-order valence-corrected chi connectivity index (χ0v) is 21.6. The summed E-state index contributed by atoms with van der Waals surface area (Å²) in [5, 5.41) is 6.64. The Bertz CT molecular complexity index is 704. The largest absolute Gasteiger partial charge is 0.356 e. The lowest BCUT2D eigenvalue weighted by Gasteiger charge is -2.26. The van der Waals surface area contributed by atoms with Crippen LogP contribution < -0.4 is 10.6 Å². The topological polar surface area (TPSA) is 60.0 Å². The van der Waals surface area contributed by atoms with Gasteiger partial charge in [0, 0.05) is 46.5 Å². The Morgan fingerprint density at radius 1 is 1.33 bits per heavy atom. The van der Waals surface area contributed by atoms with Gasteiger partial charge in [-0.1, -0.05) is 6.07 Å². The maximum atomic E-state index is 13.5. The molecule has 6 nitrogen and oxygen atoms in total. The van der Waals surface area contributed by atoms with Gasteiger partial charge < -0.3 is 15.5 Å². The van der Waals surface area contributed by atoms with Gasteiger partial charge in [0.1, 0.15) is 5.82 Å². The van der Waals surface area contributed by atoms with Gasteiger partial charge in [0.05, 0.1) is 6.04 Å². The molecule has 0 radical (unpaired) electrons. The van der Waals surface area contributed by atoms with Gasteiger partial charge in [0.25, 0.3) is 0 Å². The lowest BCUT2D eigenvalue weighted by atomic mass is 10.1. The molecule has 0 bridgehead atoms. The summed E-state index contributed by atoms with van der Waals surface area (Å²) in [6, 6.07) is 4.95. The molecule has 1 atom stereocenters. The van der Waals surface area contributed by atoms with Gasteiger partial charge in [-0.25, -0.2) is 4.39 Å². The van der Waals surface area contributed by atoms with Crippen LogP contribution in [0.5, 0.6) is 0 Å². The zero-order chi connectivity index (χ0) is 21.2. The fraction of sp³-hybridized carbons (Fsp3) is 0.619. The number of likely N-dealkylation sites (tertiary alicyclic amines) is 1. The maximum Gasteiger partial charge on any atom is 0.239 e. The molecule has 0 saturated carbocycles. The van der Waals surface area contributed by atoms with Gasteiger partial charge in [-0.15, -0.1) is 24.0 Å². The van der Waals surface area contributed by atoms with Crippen LogP contribution in [-0.4, -0.2) is 74.7 Å². The Labute approximate surface area is 201 Å². The molecule has 9 heteroatoms. The Kier molecular flexibility index (Phi) is 12.7. The highest BCUT2D eigenvalue weighted by Crippen LogP contribution is 2.19. The molecule has 0 spiro atoms. The van der Waals surface area contributed by atoms with Gasteiger partial charge in [0.15, 0.2) is 5.96 Å². The Morgan fingerprint density at radius 2 is 2.10 bits per heavy atom. The summed E-state index contributed by atoms with van der Waals surface area (Å²) in [6.45, 7) is 3.26. The summed E-state index contributed by atoms with van der Waals surface area (Å²) in [5.74, 6) is 1.51. The number of hydrogen-bond donors (Lipinski definition) is 2. The molecule has 0 aliphatic carbocycles. The van der Waals surface area contributed by atoms with Crippen LogP contribution in [0.4, 0.5) is 4.39 Å². The zero-order valence-electron chi connectivity index (χ0n) is 18.4. The molecule has 1 amide bonds. The molecule has 1 aliphatic heterocycles. The molecule has 1 aromatic rings. The Hall–Kier alpha value is -1.07. The predicted octanol–water partition coefficient (Wildman–Crippen LogP) is 2.91. The first-order valence-corrected chi connectivity index (χ1v) is 11.5. The lowest BCUT2D eigenvalue weighted by Crippen LogP contribution is -2.44. The molecule has 1 unspecified atom stereocenters.